The number of benzene rings is 1. The number of piperidine rings is 1. The van der Waals surface area contributed by atoms with Crippen molar-refractivity contribution < 1.29 is 9.32 Å². The smallest absolute Gasteiger partial charge is 0.241 e. The van der Waals surface area contributed by atoms with Crippen LogP contribution in [0.1, 0.15) is 24.3 Å². The van der Waals surface area contributed by atoms with Crippen LogP contribution in [0.25, 0.3) is 11.4 Å². The van der Waals surface area contributed by atoms with Gasteiger partial charge in [0, 0.05) is 22.2 Å². The summed E-state index contributed by atoms with van der Waals surface area (Å²) in [5.74, 6) is 1.80. The number of aromatic nitrogens is 3. The number of carbonyl (C=O) groups excluding carboxylic acids is 1. The zero-order chi connectivity index (χ0) is 20.2. The van der Waals surface area contributed by atoms with Gasteiger partial charge in [-0.3, -0.25) is 9.69 Å². The lowest BCUT2D eigenvalue weighted by atomic mass is 9.96. The highest BCUT2D eigenvalue weighted by Gasteiger charge is 2.26. The zero-order valence-electron chi connectivity index (χ0n) is 16.1. The van der Waals surface area contributed by atoms with Gasteiger partial charge < -0.3 is 9.84 Å². The van der Waals surface area contributed by atoms with E-state index in [4.69, 9.17) is 4.52 Å². The van der Waals surface area contributed by atoms with Gasteiger partial charge in [0.2, 0.25) is 17.6 Å². The van der Waals surface area contributed by atoms with E-state index in [0.717, 1.165) is 36.0 Å². The molecule has 1 aromatic carbocycles. The number of nitrogens with one attached hydrogen (secondary N) is 1. The summed E-state index contributed by atoms with van der Waals surface area (Å²) in [5.41, 5.74) is 2.14. The maximum atomic E-state index is 12.5. The van der Waals surface area contributed by atoms with Gasteiger partial charge in [-0.25, -0.2) is 4.98 Å². The number of amides is 1. The summed E-state index contributed by atoms with van der Waals surface area (Å²) in [6.45, 7) is 4.27. The summed E-state index contributed by atoms with van der Waals surface area (Å²) >= 11 is 3.34. The van der Waals surface area contributed by atoms with Crippen LogP contribution in [0, 0.1) is 12.8 Å². The molecular weight excluding hydrogens is 434 g/mol. The SMILES string of the molecule is Cc1ccc(-c2noc(CN3CCC(C(=O)Nc4ccc(Br)cn4)CC3)n2)cc1. The van der Waals surface area contributed by atoms with Crippen LogP contribution in [0.3, 0.4) is 0 Å². The first-order valence-corrected chi connectivity index (χ1v) is 10.4. The third kappa shape index (κ3) is 5.07. The Hall–Kier alpha value is -2.58. The molecule has 0 aliphatic carbocycles. The standard InChI is InChI=1S/C21H22BrN5O2/c1-14-2-4-15(5-3-14)20-25-19(29-26-20)13-27-10-8-16(9-11-27)21(28)24-18-7-6-17(22)12-23-18/h2-7,12,16H,8-11,13H2,1H3,(H,23,24,28). The summed E-state index contributed by atoms with van der Waals surface area (Å²) in [6, 6.07) is 11.7. The molecule has 1 fully saturated rings. The van der Waals surface area contributed by atoms with Gasteiger partial charge in [-0.1, -0.05) is 35.0 Å². The highest BCUT2D eigenvalue weighted by Crippen LogP contribution is 2.22. The normalized spacial score (nSPS) is 15.4. The number of nitrogens with zero attached hydrogens (tertiary/aromatic N) is 4. The van der Waals surface area contributed by atoms with Gasteiger partial charge in [0.15, 0.2) is 0 Å². The minimum Gasteiger partial charge on any atom is -0.338 e. The minimum absolute atomic E-state index is 0.0116. The van der Waals surface area contributed by atoms with Crippen molar-refractivity contribution in [3.63, 3.8) is 0 Å². The molecule has 2 aromatic heterocycles. The predicted molar refractivity (Wildman–Crippen MR) is 113 cm³/mol. The third-order valence-corrected chi connectivity index (χ3v) is 5.54. The van der Waals surface area contributed by atoms with Crippen molar-refractivity contribution in [2.75, 3.05) is 18.4 Å². The molecule has 7 nitrogen and oxygen atoms in total. The number of likely N-dealkylation sites (tertiary alicyclic amines) is 1. The van der Waals surface area contributed by atoms with Crippen molar-refractivity contribution in [3.05, 3.63) is 58.5 Å². The van der Waals surface area contributed by atoms with E-state index < -0.39 is 0 Å². The largest absolute Gasteiger partial charge is 0.338 e. The van der Waals surface area contributed by atoms with Crippen molar-refractivity contribution in [1.82, 2.24) is 20.0 Å². The van der Waals surface area contributed by atoms with E-state index in [9.17, 15) is 4.79 Å². The van der Waals surface area contributed by atoms with Crippen LogP contribution in [0.15, 0.2) is 51.6 Å². The molecule has 0 radical (unpaired) electrons. The molecule has 1 aliphatic rings. The third-order valence-electron chi connectivity index (χ3n) is 5.07. The number of aryl methyl sites for hydroxylation is 1. The average molecular weight is 456 g/mol. The Balaban J connectivity index is 1.28. The van der Waals surface area contributed by atoms with Gasteiger partial charge in [-0.15, -0.1) is 0 Å². The number of pyridine rings is 1. The van der Waals surface area contributed by atoms with Crippen LogP contribution in [0.4, 0.5) is 5.82 Å². The second kappa shape index (κ2) is 8.84. The predicted octanol–water partition coefficient (Wildman–Crippen LogP) is 4.05. The molecule has 0 atom stereocenters. The van der Waals surface area contributed by atoms with Crippen LogP contribution in [0.5, 0.6) is 0 Å². The number of hydrogen-bond acceptors (Lipinski definition) is 6. The Morgan fingerprint density at radius 3 is 2.66 bits per heavy atom. The minimum atomic E-state index is -0.0116. The molecule has 1 N–H and O–H groups in total. The van der Waals surface area contributed by atoms with Crippen LogP contribution < -0.4 is 5.32 Å². The topological polar surface area (TPSA) is 84.2 Å². The van der Waals surface area contributed by atoms with Crippen molar-refractivity contribution in [2.24, 2.45) is 5.92 Å². The summed E-state index contributed by atoms with van der Waals surface area (Å²) in [6.07, 6.45) is 3.26. The molecule has 1 saturated heterocycles. The van der Waals surface area contributed by atoms with Gasteiger partial charge in [0.05, 0.1) is 6.54 Å². The maximum absolute atomic E-state index is 12.5. The molecule has 3 aromatic rings. The zero-order valence-corrected chi connectivity index (χ0v) is 17.7. The van der Waals surface area contributed by atoms with E-state index in [-0.39, 0.29) is 11.8 Å². The molecular formula is C21H22BrN5O2. The number of rotatable bonds is 5. The molecule has 1 amide bonds. The number of carbonyl (C=O) groups is 1. The maximum Gasteiger partial charge on any atom is 0.241 e. The fourth-order valence-corrected chi connectivity index (χ4v) is 3.60. The molecule has 0 saturated carbocycles. The van der Waals surface area contributed by atoms with E-state index in [0.29, 0.717) is 24.1 Å². The Morgan fingerprint density at radius 2 is 1.97 bits per heavy atom. The molecule has 1 aliphatic heterocycles. The van der Waals surface area contributed by atoms with E-state index in [2.05, 4.69) is 41.3 Å². The molecule has 0 unspecified atom stereocenters. The second-order valence-electron chi connectivity index (χ2n) is 7.28. The summed E-state index contributed by atoms with van der Waals surface area (Å²) in [7, 11) is 0. The monoisotopic (exact) mass is 455 g/mol. The quantitative estimate of drug-likeness (QED) is 0.624. The number of hydrogen-bond donors (Lipinski definition) is 1. The second-order valence-corrected chi connectivity index (χ2v) is 8.19. The molecule has 4 rings (SSSR count). The summed E-state index contributed by atoms with van der Waals surface area (Å²) in [4.78, 5) is 23.4. The molecule has 0 spiro atoms. The first kappa shape index (κ1) is 19.7. The van der Waals surface area contributed by atoms with E-state index in [1.54, 1.807) is 12.3 Å². The Bertz CT molecular complexity index is 963. The molecule has 29 heavy (non-hydrogen) atoms. The average Bonchev–Trinajstić information content (AvgIpc) is 3.19. The van der Waals surface area contributed by atoms with Crippen molar-refractivity contribution in [1.29, 1.82) is 0 Å². The number of halogens is 1. The summed E-state index contributed by atoms with van der Waals surface area (Å²) < 4.78 is 6.31. The Kier molecular flexibility index (Phi) is 6.01. The Morgan fingerprint density at radius 1 is 1.21 bits per heavy atom. The molecule has 3 heterocycles. The van der Waals surface area contributed by atoms with Gasteiger partial charge >= 0.3 is 0 Å². The highest BCUT2D eigenvalue weighted by atomic mass is 79.9. The van der Waals surface area contributed by atoms with Gasteiger partial charge in [-0.2, -0.15) is 4.98 Å². The molecule has 150 valence electrons. The Labute approximate surface area is 177 Å². The van der Waals surface area contributed by atoms with Crippen molar-refractivity contribution in [2.45, 2.75) is 26.3 Å². The van der Waals surface area contributed by atoms with Crippen molar-refractivity contribution in [3.8, 4) is 11.4 Å². The lowest BCUT2D eigenvalue weighted by molar-refractivity contribution is -0.121. The molecule has 8 heteroatoms. The first-order valence-electron chi connectivity index (χ1n) is 9.61. The van der Waals surface area contributed by atoms with Gasteiger partial charge in [-0.05, 0) is 60.9 Å². The number of anilines is 1. The van der Waals surface area contributed by atoms with Crippen LogP contribution in [0.2, 0.25) is 0 Å². The van der Waals surface area contributed by atoms with E-state index in [1.807, 2.05) is 37.3 Å². The molecule has 0 bridgehead atoms. The summed E-state index contributed by atoms with van der Waals surface area (Å²) in [5, 5.41) is 6.99. The van der Waals surface area contributed by atoms with Gasteiger partial charge in [0.1, 0.15) is 5.82 Å². The highest BCUT2D eigenvalue weighted by molar-refractivity contribution is 9.10. The van der Waals surface area contributed by atoms with Crippen LogP contribution in [-0.4, -0.2) is 39.0 Å². The lowest BCUT2D eigenvalue weighted by Gasteiger charge is -2.30. The van der Waals surface area contributed by atoms with Crippen LogP contribution >= 0.6 is 15.9 Å². The van der Waals surface area contributed by atoms with Crippen molar-refractivity contribution >= 4 is 27.7 Å². The van der Waals surface area contributed by atoms with E-state index >= 15 is 0 Å². The first-order chi connectivity index (χ1) is 14.1. The van der Waals surface area contributed by atoms with Crippen LogP contribution in [-0.2, 0) is 11.3 Å². The van der Waals surface area contributed by atoms with Gasteiger partial charge in [0.25, 0.3) is 0 Å². The van der Waals surface area contributed by atoms with E-state index in [1.165, 1.54) is 5.56 Å². The fraction of sp³-hybridized carbons (Fsp3) is 0.333. The lowest BCUT2D eigenvalue weighted by Crippen LogP contribution is -2.37. The fourth-order valence-electron chi connectivity index (χ4n) is 3.36.